The van der Waals surface area contributed by atoms with Crippen molar-refractivity contribution in [2.45, 2.75) is 38.0 Å². The van der Waals surface area contributed by atoms with Crippen LogP contribution in [0.3, 0.4) is 0 Å². The van der Waals surface area contributed by atoms with Crippen LogP contribution in [0.4, 0.5) is 0 Å². The van der Waals surface area contributed by atoms with Gasteiger partial charge in [-0.25, -0.2) is 4.79 Å². The van der Waals surface area contributed by atoms with Crippen LogP contribution in [0.15, 0.2) is 0 Å². The van der Waals surface area contributed by atoms with Crippen LogP contribution in [0.25, 0.3) is 0 Å². The Labute approximate surface area is 93.8 Å². The maximum absolute atomic E-state index is 12.0. The number of methoxy groups -OCH3 is 1. The number of rotatable bonds is 3. The number of likely N-dealkylation sites (tertiary alicyclic amines) is 1. The average Bonchev–Trinajstić information content (AvgIpc) is 2.59. The van der Waals surface area contributed by atoms with Crippen LogP contribution in [0.2, 0.25) is 0 Å². The molecule has 0 spiro atoms. The van der Waals surface area contributed by atoms with Gasteiger partial charge in [-0.15, -0.1) is 0 Å². The van der Waals surface area contributed by atoms with E-state index in [1.165, 1.54) is 7.11 Å². The van der Waals surface area contributed by atoms with Crippen molar-refractivity contribution in [1.29, 1.82) is 0 Å². The number of carboxylic acid groups (broad SMARTS) is 1. The molecule has 1 aliphatic heterocycles. The molecule has 1 aliphatic rings. The van der Waals surface area contributed by atoms with Crippen LogP contribution >= 0.6 is 0 Å². The van der Waals surface area contributed by atoms with Gasteiger partial charge < -0.3 is 19.8 Å². The monoisotopic (exact) mass is 231 g/mol. The molecule has 6 nitrogen and oxygen atoms in total. The van der Waals surface area contributed by atoms with E-state index in [0.717, 1.165) is 4.90 Å². The number of ether oxygens (including phenoxy) is 1. The van der Waals surface area contributed by atoms with E-state index in [1.54, 1.807) is 13.8 Å². The molecule has 92 valence electrons. The van der Waals surface area contributed by atoms with Crippen molar-refractivity contribution in [3.63, 3.8) is 0 Å². The molecule has 0 aromatic rings. The number of aliphatic hydroxyl groups excluding tert-OH is 1. The van der Waals surface area contributed by atoms with Gasteiger partial charge in [0.15, 0.2) is 0 Å². The van der Waals surface area contributed by atoms with E-state index in [-0.39, 0.29) is 13.0 Å². The van der Waals surface area contributed by atoms with E-state index in [0.29, 0.717) is 0 Å². The minimum Gasteiger partial charge on any atom is -0.480 e. The Morgan fingerprint density at radius 2 is 2.00 bits per heavy atom. The largest absolute Gasteiger partial charge is 0.480 e. The number of carboxylic acids is 1. The standard InChI is InChI=1S/C10H17NO5/c1-10(2,16-3)9(15)11-5-6(12)4-7(11)8(13)14/h6-7,12H,4-5H2,1-3H3,(H,13,14)/t6-,7-/m1/s1. The molecular weight excluding hydrogens is 214 g/mol. The van der Waals surface area contributed by atoms with Crippen LogP contribution in [0, 0.1) is 0 Å². The third-order valence-corrected chi connectivity index (χ3v) is 2.85. The first-order valence-corrected chi connectivity index (χ1v) is 5.06. The maximum atomic E-state index is 12.0. The van der Waals surface area contributed by atoms with Crippen molar-refractivity contribution in [2.24, 2.45) is 0 Å². The second kappa shape index (κ2) is 4.39. The number of carbonyl (C=O) groups excluding carboxylic acids is 1. The van der Waals surface area contributed by atoms with Gasteiger partial charge in [0.1, 0.15) is 11.6 Å². The van der Waals surface area contributed by atoms with Crippen LogP contribution in [-0.4, -0.2) is 58.4 Å². The Hall–Kier alpha value is -1.14. The lowest BCUT2D eigenvalue weighted by Crippen LogP contribution is -2.50. The van der Waals surface area contributed by atoms with E-state index < -0.39 is 29.6 Å². The maximum Gasteiger partial charge on any atom is 0.326 e. The minimum atomic E-state index is -1.10. The van der Waals surface area contributed by atoms with E-state index in [2.05, 4.69) is 0 Å². The number of nitrogens with zero attached hydrogens (tertiary/aromatic N) is 1. The number of aliphatic hydroxyl groups is 1. The second-order valence-corrected chi connectivity index (χ2v) is 4.42. The van der Waals surface area contributed by atoms with Crippen LogP contribution in [0.1, 0.15) is 20.3 Å². The Morgan fingerprint density at radius 1 is 1.44 bits per heavy atom. The molecule has 6 heteroatoms. The van der Waals surface area contributed by atoms with Gasteiger partial charge in [-0.3, -0.25) is 4.79 Å². The summed E-state index contributed by atoms with van der Waals surface area (Å²) < 4.78 is 5.01. The normalized spacial score (nSPS) is 25.9. The first kappa shape index (κ1) is 12.9. The summed E-state index contributed by atoms with van der Waals surface area (Å²) in [6, 6.07) is -0.961. The van der Waals surface area contributed by atoms with Crippen molar-refractivity contribution < 1.29 is 24.5 Å². The zero-order valence-electron chi connectivity index (χ0n) is 9.64. The Bertz CT molecular complexity index is 302. The number of hydrogen-bond acceptors (Lipinski definition) is 4. The molecule has 16 heavy (non-hydrogen) atoms. The average molecular weight is 231 g/mol. The minimum absolute atomic E-state index is 0.0442. The lowest BCUT2D eigenvalue weighted by molar-refractivity contribution is -0.158. The fourth-order valence-corrected chi connectivity index (χ4v) is 1.71. The van der Waals surface area contributed by atoms with Crippen molar-refractivity contribution in [3.05, 3.63) is 0 Å². The molecule has 0 aliphatic carbocycles. The summed E-state index contributed by atoms with van der Waals surface area (Å²) in [6.45, 7) is 3.18. The highest BCUT2D eigenvalue weighted by atomic mass is 16.5. The van der Waals surface area contributed by atoms with Gasteiger partial charge in [0, 0.05) is 20.1 Å². The molecule has 0 bridgehead atoms. The number of carbonyl (C=O) groups is 2. The number of aliphatic carboxylic acids is 1. The smallest absolute Gasteiger partial charge is 0.326 e. The van der Waals surface area contributed by atoms with Crippen LogP contribution in [-0.2, 0) is 14.3 Å². The summed E-state index contributed by atoms with van der Waals surface area (Å²) in [4.78, 5) is 24.1. The third-order valence-electron chi connectivity index (χ3n) is 2.85. The molecule has 2 atom stereocenters. The van der Waals surface area contributed by atoms with E-state index >= 15 is 0 Å². The molecule has 1 saturated heterocycles. The number of amides is 1. The zero-order chi connectivity index (χ0) is 12.5. The molecule has 0 unspecified atom stereocenters. The molecule has 0 aromatic carbocycles. The van der Waals surface area contributed by atoms with E-state index in [9.17, 15) is 14.7 Å². The quantitative estimate of drug-likeness (QED) is 0.681. The summed E-state index contributed by atoms with van der Waals surface area (Å²) >= 11 is 0. The Morgan fingerprint density at radius 3 is 2.44 bits per heavy atom. The fourth-order valence-electron chi connectivity index (χ4n) is 1.71. The number of hydrogen-bond donors (Lipinski definition) is 2. The highest BCUT2D eigenvalue weighted by Gasteiger charge is 2.43. The van der Waals surface area contributed by atoms with Gasteiger partial charge >= 0.3 is 5.97 Å². The highest BCUT2D eigenvalue weighted by molar-refractivity contribution is 5.89. The summed E-state index contributed by atoms with van der Waals surface area (Å²) in [5.74, 6) is -1.52. The molecule has 2 N–H and O–H groups in total. The van der Waals surface area contributed by atoms with Crippen molar-refractivity contribution in [2.75, 3.05) is 13.7 Å². The van der Waals surface area contributed by atoms with E-state index in [1.807, 2.05) is 0 Å². The molecule has 1 amide bonds. The van der Waals surface area contributed by atoms with Gasteiger partial charge in [0.25, 0.3) is 5.91 Å². The fraction of sp³-hybridized carbons (Fsp3) is 0.800. The summed E-state index contributed by atoms with van der Waals surface area (Å²) in [5, 5.41) is 18.4. The van der Waals surface area contributed by atoms with Crippen LogP contribution < -0.4 is 0 Å². The lowest BCUT2D eigenvalue weighted by atomic mass is 10.1. The summed E-state index contributed by atoms with van der Waals surface area (Å²) in [5.41, 5.74) is -1.07. The summed E-state index contributed by atoms with van der Waals surface area (Å²) in [7, 11) is 1.39. The zero-order valence-corrected chi connectivity index (χ0v) is 9.64. The SMILES string of the molecule is COC(C)(C)C(=O)N1C[C@H](O)C[C@@H]1C(=O)O. The van der Waals surface area contributed by atoms with Gasteiger partial charge in [-0.1, -0.05) is 0 Å². The molecular formula is C10H17NO5. The molecule has 1 rings (SSSR count). The molecule has 1 fully saturated rings. The third kappa shape index (κ3) is 2.33. The lowest BCUT2D eigenvalue weighted by Gasteiger charge is -2.30. The highest BCUT2D eigenvalue weighted by Crippen LogP contribution is 2.23. The van der Waals surface area contributed by atoms with Gasteiger partial charge in [-0.2, -0.15) is 0 Å². The topological polar surface area (TPSA) is 87.1 Å². The van der Waals surface area contributed by atoms with Gasteiger partial charge in [0.2, 0.25) is 0 Å². The molecule has 0 radical (unpaired) electrons. The van der Waals surface area contributed by atoms with Crippen molar-refractivity contribution >= 4 is 11.9 Å². The first-order chi connectivity index (χ1) is 7.29. The molecule has 1 heterocycles. The second-order valence-electron chi connectivity index (χ2n) is 4.42. The first-order valence-electron chi connectivity index (χ1n) is 5.06. The Balaban J connectivity index is 2.86. The van der Waals surface area contributed by atoms with E-state index in [4.69, 9.17) is 9.84 Å². The number of β-amino-alcohol motifs (C(OH)–C–C–N with tert-alkyl or cyclic N) is 1. The van der Waals surface area contributed by atoms with Crippen molar-refractivity contribution in [1.82, 2.24) is 4.90 Å². The van der Waals surface area contributed by atoms with Gasteiger partial charge in [0.05, 0.1) is 6.10 Å². The van der Waals surface area contributed by atoms with Crippen molar-refractivity contribution in [3.8, 4) is 0 Å². The predicted octanol–water partition coefficient (Wildman–Crippen LogP) is -0.542. The molecule has 0 aromatic heterocycles. The predicted molar refractivity (Wildman–Crippen MR) is 54.8 cm³/mol. The Kier molecular flexibility index (Phi) is 3.54. The summed E-state index contributed by atoms with van der Waals surface area (Å²) in [6.07, 6.45) is -0.710. The van der Waals surface area contributed by atoms with Gasteiger partial charge in [-0.05, 0) is 13.8 Å². The molecule has 0 saturated carbocycles. The van der Waals surface area contributed by atoms with Crippen LogP contribution in [0.5, 0.6) is 0 Å².